The van der Waals surface area contributed by atoms with Crippen LogP contribution >= 0.6 is 0 Å². The van der Waals surface area contributed by atoms with Crippen LogP contribution in [0.1, 0.15) is 17.2 Å². The van der Waals surface area contributed by atoms with Gasteiger partial charge in [0.15, 0.2) is 0 Å². The van der Waals surface area contributed by atoms with Crippen LogP contribution in [0.5, 0.6) is 0 Å². The molecule has 3 nitrogen and oxygen atoms in total. The van der Waals surface area contributed by atoms with Crippen molar-refractivity contribution in [1.82, 2.24) is 9.55 Å². The molecular formula is C7H12N2O. The summed E-state index contributed by atoms with van der Waals surface area (Å²) in [6, 6.07) is 0. The number of hydrogen-bond donors (Lipinski definition) is 1. The summed E-state index contributed by atoms with van der Waals surface area (Å²) >= 11 is 0. The summed E-state index contributed by atoms with van der Waals surface area (Å²) in [7, 11) is 1.90. The average molecular weight is 140 g/mol. The lowest BCUT2D eigenvalue weighted by molar-refractivity contribution is 0.267. The van der Waals surface area contributed by atoms with E-state index in [2.05, 4.69) is 4.98 Å². The zero-order valence-electron chi connectivity index (χ0n) is 6.55. The van der Waals surface area contributed by atoms with Crippen molar-refractivity contribution in [2.75, 3.05) is 0 Å². The largest absolute Gasteiger partial charge is 0.388 e. The molecule has 0 radical (unpaired) electrons. The Bertz CT molecular complexity index is 240. The second kappa shape index (κ2) is 2.42. The zero-order valence-corrected chi connectivity index (χ0v) is 6.55. The molecule has 0 saturated heterocycles. The molecule has 0 aromatic carbocycles. The van der Waals surface area contributed by atoms with Gasteiger partial charge in [-0.1, -0.05) is 0 Å². The van der Waals surface area contributed by atoms with E-state index >= 15 is 0 Å². The standard InChI is InChI=1S/C7H12N2O/c1-5-6(2)9(3)7(4-10)8-5/h10H,4H2,1-3H3. The fourth-order valence-corrected chi connectivity index (χ4v) is 0.927. The summed E-state index contributed by atoms with van der Waals surface area (Å²) in [5.74, 6) is 0.731. The van der Waals surface area contributed by atoms with Crippen molar-refractivity contribution in [3.8, 4) is 0 Å². The van der Waals surface area contributed by atoms with Crippen LogP contribution in [0.2, 0.25) is 0 Å². The number of hydrogen-bond acceptors (Lipinski definition) is 2. The van der Waals surface area contributed by atoms with E-state index in [1.165, 1.54) is 0 Å². The molecule has 0 unspecified atom stereocenters. The Morgan fingerprint density at radius 3 is 2.30 bits per heavy atom. The van der Waals surface area contributed by atoms with E-state index in [4.69, 9.17) is 5.11 Å². The highest BCUT2D eigenvalue weighted by Gasteiger charge is 2.04. The van der Waals surface area contributed by atoms with Crippen LogP contribution in [-0.4, -0.2) is 14.7 Å². The summed E-state index contributed by atoms with van der Waals surface area (Å²) in [6.07, 6.45) is 0. The number of aliphatic hydroxyl groups is 1. The van der Waals surface area contributed by atoms with E-state index in [-0.39, 0.29) is 6.61 Å². The van der Waals surface area contributed by atoms with Gasteiger partial charge in [-0.15, -0.1) is 0 Å². The van der Waals surface area contributed by atoms with Crippen molar-refractivity contribution >= 4 is 0 Å². The zero-order chi connectivity index (χ0) is 7.72. The Morgan fingerprint density at radius 2 is 2.10 bits per heavy atom. The number of aryl methyl sites for hydroxylation is 1. The SMILES string of the molecule is Cc1nc(CO)n(C)c1C. The van der Waals surface area contributed by atoms with Gasteiger partial charge in [0.2, 0.25) is 0 Å². The van der Waals surface area contributed by atoms with Crippen molar-refractivity contribution < 1.29 is 5.11 Å². The maximum Gasteiger partial charge on any atom is 0.134 e. The number of aliphatic hydroxyl groups excluding tert-OH is 1. The molecule has 0 aliphatic rings. The first-order chi connectivity index (χ1) is 4.66. The van der Waals surface area contributed by atoms with Gasteiger partial charge in [0.05, 0.1) is 5.69 Å². The van der Waals surface area contributed by atoms with Crippen molar-refractivity contribution in [2.45, 2.75) is 20.5 Å². The summed E-state index contributed by atoms with van der Waals surface area (Å²) in [6.45, 7) is 3.95. The topological polar surface area (TPSA) is 38.1 Å². The predicted molar refractivity (Wildman–Crippen MR) is 38.6 cm³/mol. The van der Waals surface area contributed by atoms with E-state index < -0.39 is 0 Å². The summed E-state index contributed by atoms with van der Waals surface area (Å²) in [4.78, 5) is 4.14. The number of rotatable bonds is 1. The van der Waals surface area contributed by atoms with Crippen molar-refractivity contribution in [3.63, 3.8) is 0 Å². The van der Waals surface area contributed by atoms with Crippen LogP contribution in [0, 0.1) is 13.8 Å². The minimum Gasteiger partial charge on any atom is -0.388 e. The second-order valence-electron chi connectivity index (χ2n) is 2.42. The normalized spacial score (nSPS) is 10.4. The van der Waals surface area contributed by atoms with E-state index in [9.17, 15) is 0 Å². The number of imidazole rings is 1. The highest BCUT2D eigenvalue weighted by Crippen LogP contribution is 2.06. The van der Waals surface area contributed by atoms with Gasteiger partial charge in [-0.2, -0.15) is 0 Å². The van der Waals surface area contributed by atoms with E-state index in [1.807, 2.05) is 25.5 Å². The minimum absolute atomic E-state index is 0.0190. The monoisotopic (exact) mass is 140 g/mol. The fraction of sp³-hybridized carbons (Fsp3) is 0.571. The fourth-order valence-electron chi connectivity index (χ4n) is 0.927. The second-order valence-corrected chi connectivity index (χ2v) is 2.42. The average Bonchev–Trinajstić information content (AvgIpc) is 2.17. The third-order valence-electron chi connectivity index (χ3n) is 1.85. The molecule has 1 N–H and O–H groups in total. The molecule has 0 aliphatic heterocycles. The summed E-state index contributed by atoms with van der Waals surface area (Å²) < 4.78 is 1.90. The van der Waals surface area contributed by atoms with Gasteiger partial charge in [-0.05, 0) is 13.8 Å². The molecule has 3 heteroatoms. The quantitative estimate of drug-likeness (QED) is 0.618. The van der Waals surface area contributed by atoms with E-state index in [1.54, 1.807) is 0 Å². The summed E-state index contributed by atoms with van der Waals surface area (Å²) in [5, 5.41) is 8.77. The molecule has 0 spiro atoms. The van der Waals surface area contributed by atoms with Crippen LogP contribution in [0.15, 0.2) is 0 Å². The summed E-state index contributed by atoms with van der Waals surface area (Å²) in [5.41, 5.74) is 2.11. The predicted octanol–water partition coefficient (Wildman–Crippen LogP) is 0.529. The first-order valence-corrected chi connectivity index (χ1v) is 3.26. The third-order valence-corrected chi connectivity index (χ3v) is 1.85. The first-order valence-electron chi connectivity index (χ1n) is 3.26. The Labute approximate surface area is 60.3 Å². The van der Waals surface area contributed by atoms with Gasteiger partial charge < -0.3 is 9.67 Å². The molecule has 0 atom stereocenters. The van der Waals surface area contributed by atoms with Crippen LogP contribution < -0.4 is 0 Å². The van der Waals surface area contributed by atoms with E-state index in [0.29, 0.717) is 0 Å². The van der Waals surface area contributed by atoms with Gasteiger partial charge in [0.25, 0.3) is 0 Å². The smallest absolute Gasteiger partial charge is 0.134 e. The van der Waals surface area contributed by atoms with Crippen LogP contribution in [0.25, 0.3) is 0 Å². The Kier molecular flexibility index (Phi) is 1.76. The van der Waals surface area contributed by atoms with Gasteiger partial charge in [0.1, 0.15) is 12.4 Å². The highest BCUT2D eigenvalue weighted by molar-refractivity contribution is 5.12. The lowest BCUT2D eigenvalue weighted by atomic mass is 10.4. The maximum absolute atomic E-state index is 8.77. The number of nitrogens with zero attached hydrogens (tertiary/aromatic N) is 2. The van der Waals surface area contributed by atoms with Gasteiger partial charge in [-0.3, -0.25) is 0 Å². The minimum atomic E-state index is 0.0190. The lowest BCUT2D eigenvalue weighted by Gasteiger charge is -1.97. The van der Waals surface area contributed by atoms with Crippen molar-refractivity contribution in [2.24, 2.45) is 7.05 Å². The molecule has 56 valence electrons. The molecule has 1 aromatic heterocycles. The Balaban J connectivity index is 3.17. The highest BCUT2D eigenvalue weighted by atomic mass is 16.3. The molecule has 0 aliphatic carbocycles. The maximum atomic E-state index is 8.77. The molecule has 1 rings (SSSR count). The molecular weight excluding hydrogens is 128 g/mol. The van der Waals surface area contributed by atoms with Crippen LogP contribution in [-0.2, 0) is 13.7 Å². The van der Waals surface area contributed by atoms with E-state index in [0.717, 1.165) is 17.2 Å². The molecule has 1 heterocycles. The molecule has 0 bridgehead atoms. The van der Waals surface area contributed by atoms with Crippen LogP contribution in [0.4, 0.5) is 0 Å². The Morgan fingerprint density at radius 1 is 1.50 bits per heavy atom. The van der Waals surface area contributed by atoms with Crippen LogP contribution in [0.3, 0.4) is 0 Å². The molecule has 10 heavy (non-hydrogen) atoms. The molecule has 0 saturated carbocycles. The van der Waals surface area contributed by atoms with Crippen molar-refractivity contribution in [1.29, 1.82) is 0 Å². The van der Waals surface area contributed by atoms with Gasteiger partial charge >= 0.3 is 0 Å². The third kappa shape index (κ3) is 0.926. The first kappa shape index (κ1) is 7.28. The van der Waals surface area contributed by atoms with Gasteiger partial charge in [0, 0.05) is 12.7 Å². The Hall–Kier alpha value is -0.830. The van der Waals surface area contributed by atoms with Gasteiger partial charge in [-0.25, -0.2) is 4.98 Å². The molecule has 0 amide bonds. The number of aromatic nitrogens is 2. The molecule has 1 aromatic rings. The molecule has 0 fully saturated rings. The lowest BCUT2D eigenvalue weighted by Crippen LogP contribution is -1.98. The van der Waals surface area contributed by atoms with Crippen molar-refractivity contribution in [3.05, 3.63) is 17.2 Å².